The lowest BCUT2D eigenvalue weighted by atomic mass is 9.95. The molecular weight excluding hydrogens is 256 g/mol. The quantitative estimate of drug-likeness (QED) is 0.665. The third-order valence-electron chi connectivity index (χ3n) is 3.50. The van der Waals surface area contributed by atoms with Gasteiger partial charge in [-0.15, -0.1) is 0 Å². The summed E-state index contributed by atoms with van der Waals surface area (Å²) in [5.41, 5.74) is 5.44. The summed E-state index contributed by atoms with van der Waals surface area (Å²) in [4.78, 5) is 18.1. The van der Waals surface area contributed by atoms with Gasteiger partial charge in [0.1, 0.15) is 5.82 Å². The molecule has 1 aliphatic heterocycles. The van der Waals surface area contributed by atoms with Gasteiger partial charge in [-0.1, -0.05) is 6.07 Å². The number of aliphatic hydroxyl groups excluding tert-OH is 1. The van der Waals surface area contributed by atoms with E-state index in [2.05, 4.69) is 20.7 Å². The van der Waals surface area contributed by atoms with Gasteiger partial charge in [0.05, 0.1) is 6.54 Å². The number of carbonyl (C=O) groups excluding carboxylic acids is 1. The van der Waals surface area contributed by atoms with Crippen LogP contribution >= 0.6 is 0 Å². The standard InChI is InChI=1S/C14H22N4O2/c19-9-6-12-4-3-8-18(10-12)11-14(20)17-16-13-5-1-2-7-15-13/h1-2,5,7,12,19H,3-4,6,8-11H2,(H,15,16)(H,17,20). The Morgan fingerprint density at radius 1 is 1.50 bits per heavy atom. The normalized spacial score (nSPS) is 19.6. The van der Waals surface area contributed by atoms with Crippen molar-refractivity contribution in [2.45, 2.75) is 19.3 Å². The number of hydrogen-bond acceptors (Lipinski definition) is 5. The Morgan fingerprint density at radius 2 is 2.40 bits per heavy atom. The second-order valence-corrected chi connectivity index (χ2v) is 5.14. The van der Waals surface area contributed by atoms with Gasteiger partial charge in [-0.05, 0) is 43.9 Å². The summed E-state index contributed by atoms with van der Waals surface area (Å²) in [5.74, 6) is 1.06. The van der Waals surface area contributed by atoms with Crippen molar-refractivity contribution < 1.29 is 9.90 Å². The van der Waals surface area contributed by atoms with E-state index in [1.165, 1.54) is 0 Å². The van der Waals surface area contributed by atoms with E-state index in [1.807, 2.05) is 12.1 Å². The van der Waals surface area contributed by atoms with E-state index in [0.717, 1.165) is 32.4 Å². The molecule has 2 rings (SSSR count). The molecule has 0 spiro atoms. The van der Waals surface area contributed by atoms with Gasteiger partial charge in [-0.2, -0.15) is 0 Å². The van der Waals surface area contributed by atoms with Crippen LogP contribution in [0.3, 0.4) is 0 Å². The molecule has 6 heteroatoms. The number of rotatable bonds is 6. The molecule has 1 saturated heterocycles. The predicted molar refractivity (Wildman–Crippen MR) is 76.9 cm³/mol. The van der Waals surface area contributed by atoms with Crippen molar-refractivity contribution in [2.24, 2.45) is 5.92 Å². The Morgan fingerprint density at radius 3 is 3.15 bits per heavy atom. The maximum Gasteiger partial charge on any atom is 0.252 e. The Balaban J connectivity index is 1.71. The van der Waals surface area contributed by atoms with E-state index >= 15 is 0 Å². The lowest BCUT2D eigenvalue weighted by molar-refractivity contribution is -0.122. The summed E-state index contributed by atoms with van der Waals surface area (Å²) in [6.07, 6.45) is 4.72. The molecule has 0 aliphatic carbocycles. The van der Waals surface area contributed by atoms with Gasteiger partial charge in [0.2, 0.25) is 0 Å². The number of piperidine rings is 1. The first-order valence-electron chi connectivity index (χ1n) is 7.07. The fraction of sp³-hybridized carbons (Fsp3) is 0.571. The summed E-state index contributed by atoms with van der Waals surface area (Å²) >= 11 is 0. The highest BCUT2D eigenvalue weighted by Crippen LogP contribution is 2.18. The Bertz CT molecular complexity index is 411. The Hall–Kier alpha value is -1.66. The number of aromatic nitrogens is 1. The van der Waals surface area contributed by atoms with Gasteiger partial charge in [0.15, 0.2) is 0 Å². The molecule has 1 unspecified atom stereocenters. The Kier molecular flexibility index (Phi) is 5.76. The Labute approximate surface area is 119 Å². The first-order chi connectivity index (χ1) is 9.78. The zero-order valence-corrected chi connectivity index (χ0v) is 11.6. The minimum atomic E-state index is -0.0692. The van der Waals surface area contributed by atoms with Crippen LogP contribution in [0.25, 0.3) is 0 Å². The molecule has 110 valence electrons. The monoisotopic (exact) mass is 278 g/mol. The molecule has 0 bridgehead atoms. The van der Waals surface area contributed by atoms with Crippen LogP contribution in [0.4, 0.5) is 5.82 Å². The molecule has 20 heavy (non-hydrogen) atoms. The van der Waals surface area contributed by atoms with Crippen LogP contribution in [-0.4, -0.2) is 47.1 Å². The van der Waals surface area contributed by atoms with Crippen molar-refractivity contribution in [3.8, 4) is 0 Å². The second-order valence-electron chi connectivity index (χ2n) is 5.14. The fourth-order valence-electron chi connectivity index (χ4n) is 2.53. The van der Waals surface area contributed by atoms with Gasteiger partial charge < -0.3 is 5.11 Å². The number of nitrogens with one attached hydrogen (secondary N) is 2. The zero-order valence-electron chi connectivity index (χ0n) is 11.6. The van der Waals surface area contributed by atoms with Crippen molar-refractivity contribution >= 4 is 11.7 Å². The summed E-state index contributed by atoms with van der Waals surface area (Å²) < 4.78 is 0. The van der Waals surface area contributed by atoms with Gasteiger partial charge >= 0.3 is 0 Å². The second kappa shape index (κ2) is 7.81. The number of aliphatic hydroxyl groups is 1. The number of nitrogens with zero attached hydrogens (tertiary/aromatic N) is 2. The van der Waals surface area contributed by atoms with Crippen molar-refractivity contribution in [1.82, 2.24) is 15.3 Å². The first-order valence-corrected chi connectivity index (χ1v) is 7.07. The number of carbonyl (C=O) groups is 1. The van der Waals surface area contributed by atoms with Gasteiger partial charge in [0.25, 0.3) is 5.91 Å². The number of anilines is 1. The minimum Gasteiger partial charge on any atom is -0.396 e. The maximum atomic E-state index is 11.9. The molecule has 1 aliphatic rings. The molecule has 0 saturated carbocycles. The molecule has 1 atom stereocenters. The van der Waals surface area contributed by atoms with Gasteiger partial charge in [-0.3, -0.25) is 20.5 Å². The third-order valence-corrected chi connectivity index (χ3v) is 3.50. The number of pyridine rings is 1. The molecule has 3 N–H and O–H groups in total. The van der Waals surface area contributed by atoms with E-state index in [4.69, 9.17) is 5.11 Å². The van der Waals surface area contributed by atoms with Crippen molar-refractivity contribution in [3.63, 3.8) is 0 Å². The highest BCUT2D eigenvalue weighted by molar-refractivity contribution is 5.79. The third kappa shape index (κ3) is 4.79. The van der Waals surface area contributed by atoms with Crippen LogP contribution in [0.15, 0.2) is 24.4 Å². The van der Waals surface area contributed by atoms with Gasteiger partial charge in [0, 0.05) is 19.3 Å². The van der Waals surface area contributed by atoms with Crippen molar-refractivity contribution in [1.29, 1.82) is 0 Å². The van der Waals surface area contributed by atoms with Crippen LogP contribution in [0, 0.1) is 5.92 Å². The average molecular weight is 278 g/mol. The van der Waals surface area contributed by atoms with E-state index in [9.17, 15) is 4.79 Å². The number of amides is 1. The summed E-state index contributed by atoms with van der Waals surface area (Å²) in [6.45, 7) is 2.43. The predicted octanol–water partition coefficient (Wildman–Crippen LogP) is 0.619. The van der Waals surface area contributed by atoms with E-state index in [1.54, 1.807) is 12.3 Å². The smallest absolute Gasteiger partial charge is 0.252 e. The highest BCUT2D eigenvalue weighted by atomic mass is 16.3. The largest absolute Gasteiger partial charge is 0.396 e. The molecular formula is C14H22N4O2. The van der Waals surface area contributed by atoms with E-state index < -0.39 is 0 Å². The maximum absolute atomic E-state index is 11.9. The minimum absolute atomic E-state index is 0.0692. The number of hydrogen-bond donors (Lipinski definition) is 3. The zero-order chi connectivity index (χ0) is 14.2. The SMILES string of the molecule is O=C(CN1CCCC(CCO)C1)NNc1ccccn1. The fourth-order valence-corrected chi connectivity index (χ4v) is 2.53. The first kappa shape index (κ1) is 14.7. The lowest BCUT2D eigenvalue weighted by Crippen LogP contribution is -2.44. The topological polar surface area (TPSA) is 77.5 Å². The average Bonchev–Trinajstić information content (AvgIpc) is 2.47. The van der Waals surface area contributed by atoms with Gasteiger partial charge in [-0.25, -0.2) is 4.98 Å². The molecule has 0 radical (unpaired) electrons. The van der Waals surface area contributed by atoms with Crippen molar-refractivity contribution in [3.05, 3.63) is 24.4 Å². The molecule has 0 aromatic carbocycles. The summed E-state index contributed by atoms with van der Waals surface area (Å²) in [5, 5.41) is 8.98. The molecule has 1 amide bonds. The van der Waals surface area contributed by atoms with Crippen LogP contribution in [0.1, 0.15) is 19.3 Å². The van der Waals surface area contributed by atoms with E-state index in [0.29, 0.717) is 18.3 Å². The molecule has 2 heterocycles. The van der Waals surface area contributed by atoms with E-state index in [-0.39, 0.29) is 12.5 Å². The molecule has 6 nitrogen and oxygen atoms in total. The molecule has 1 aromatic rings. The van der Waals surface area contributed by atoms with Crippen LogP contribution in [0.2, 0.25) is 0 Å². The van der Waals surface area contributed by atoms with Crippen LogP contribution in [0.5, 0.6) is 0 Å². The molecule has 1 aromatic heterocycles. The van der Waals surface area contributed by atoms with Crippen LogP contribution in [-0.2, 0) is 4.79 Å². The number of likely N-dealkylation sites (tertiary alicyclic amines) is 1. The number of hydrazine groups is 1. The highest BCUT2D eigenvalue weighted by Gasteiger charge is 2.21. The summed E-state index contributed by atoms with van der Waals surface area (Å²) in [6, 6.07) is 5.46. The summed E-state index contributed by atoms with van der Waals surface area (Å²) in [7, 11) is 0. The molecule has 1 fully saturated rings. The lowest BCUT2D eigenvalue weighted by Gasteiger charge is -2.31. The van der Waals surface area contributed by atoms with Crippen LogP contribution < -0.4 is 10.9 Å². The van der Waals surface area contributed by atoms with Crippen molar-refractivity contribution in [2.75, 3.05) is 31.7 Å².